The SMILES string of the molecule is O=C([O-])COc1ccc2c(c1)C(=O)CCC2. The maximum absolute atomic E-state index is 11.6. The maximum Gasteiger partial charge on any atom is 0.163 e. The first-order chi connectivity index (χ1) is 7.66. The van der Waals surface area contributed by atoms with Gasteiger partial charge in [-0.3, -0.25) is 4.79 Å². The highest BCUT2D eigenvalue weighted by molar-refractivity contribution is 5.98. The molecule has 0 aliphatic heterocycles. The van der Waals surface area contributed by atoms with Crippen molar-refractivity contribution < 1.29 is 19.4 Å². The molecule has 1 aromatic carbocycles. The molecule has 84 valence electrons. The number of benzene rings is 1. The summed E-state index contributed by atoms with van der Waals surface area (Å²) < 4.78 is 4.97. The number of hydrogen-bond donors (Lipinski definition) is 0. The predicted molar refractivity (Wildman–Crippen MR) is 54.2 cm³/mol. The Morgan fingerprint density at radius 3 is 2.94 bits per heavy atom. The molecule has 4 nitrogen and oxygen atoms in total. The van der Waals surface area contributed by atoms with Crippen molar-refractivity contribution in [3.8, 4) is 5.75 Å². The molecular weight excluding hydrogens is 208 g/mol. The number of hydrogen-bond acceptors (Lipinski definition) is 4. The van der Waals surface area contributed by atoms with Crippen LogP contribution in [0.5, 0.6) is 5.75 Å². The van der Waals surface area contributed by atoms with Crippen LogP contribution in [0.3, 0.4) is 0 Å². The Hall–Kier alpha value is -1.84. The van der Waals surface area contributed by atoms with Crippen molar-refractivity contribution in [2.75, 3.05) is 6.61 Å². The molecule has 1 aromatic rings. The lowest BCUT2D eigenvalue weighted by atomic mass is 9.90. The van der Waals surface area contributed by atoms with Crippen LogP contribution in [-0.2, 0) is 11.2 Å². The molecule has 0 heterocycles. The van der Waals surface area contributed by atoms with Crippen LogP contribution in [-0.4, -0.2) is 18.4 Å². The molecule has 0 radical (unpaired) electrons. The van der Waals surface area contributed by atoms with E-state index in [0.29, 0.717) is 17.7 Å². The number of carbonyl (C=O) groups excluding carboxylic acids is 2. The predicted octanol–water partition coefficient (Wildman–Crippen LogP) is 0.334. The van der Waals surface area contributed by atoms with E-state index in [1.54, 1.807) is 12.1 Å². The number of ether oxygens (including phenoxy) is 1. The van der Waals surface area contributed by atoms with E-state index >= 15 is 0 Å². The Balaban J connectivity index is 2.20. The average Bonchev–Trinajstić information content (AvgIpc) is 2.27. The summed E-state index contributed by atoms with van der Waals surface area (Å²) in [5, 5.41) is 10.2. The monoisotopic (exact) mass is 219 g/mol. The lowest BCUT2D eigenvalue weighted by Gasteiger charge is -2.16. The molecule has 0 unspecified atom stereocenters. The zero-order chi connectivity index (χ0) is 11.5. The molecule has 4 heteroatoms. The number of carboxylic acid groups (broad SMARTS) is 1. The molecule has 1 aliphatic carbocycles. The number of carboxylic acids is 1. The number of aryl methyl sites for hydroxylation is 1. The van der Waals surface area contributed by atoms with Crippen molar-refractivity contribution >= 4 is 11.8 Å². The number of ketones is 1. The second-order valence-corrected chi connectivity index (χ2v) is 3.76. The zero-order valence-electron chi connectivity index (χ0n) is 8.69. The van der Waals surface area contributed by atoms with Gasteiger partial charge >= 0.3 is 0 Å². The fraction of sp³-hybridized carbons (Fsp3) is 0.333. The first kappa shape index (κ1) is 10.7. The van der Waals surface area contributed by atoms with Crippen LogP contribution in [0.2, 0.25) is 0 Å². The largest absolute Gasteiger partial charge is 0.546 e. The minimum atomic E-state index is -1.27. The fourth-order valence-electron chi connectivity index (χ4n) is 1.84. The molecule has 0 aromatic heterocycles. The molecule has 0 fully saturated rings. The molecule has 0 atom stereocenters. The fourth-order valence-corrected chi connectivity index (χ4v) is 1.84. The molecule has 16 heavy (non-hydrogen) atoms. The summed E-state index contributed by atoms with van der Waals surface area (Å²) in [4.78, 5) is 21.8. The Bertz CT molecular complexity index is 437. The van der Waals surface area contributed by atoms with E-state index in [1.165, 1.54) is 0 Å². The van der Waals surface area contributed by atoms with Gasteiger partial charge in [-0.05, 0) is 30.5 Å². The van der Waals surface area contributed by atoms with Crippen LogP contribution in [0, 0.1) is 0 Å². The van der Waals surface area contributed by atoms with Gasteiger partial charge in [0.15, 0.2) is 5.78 Å². The smallest absolute Gasteiger partial charge is 0.163 e. The van der Waals surface area contributed by atoms with E-state index in [2.05, 4.69) is 0 Å². The van der Waals surface area contributed by atoms with Gasteiger partial charge in [0.25, 0.3) is 0 Å². The summed E-state index contributed by atoms with van der Waals surface area (Å²) in [7, 11) is 0. The Morgan fingerprint density at radius 2 is 2.19 bits per heavy atom. The van der Waals surface area contributed by atoms with E-state index in [4.69, 9.17) is 4.74 Å². The standard InChI is InChI=1S/C12H12O4/c13-11-3-1-2-8-4-5-9(6-10(8)11)16-7-12(14)15/h4-6H,1-3,7H2,(H,14,15)/p-1. The minimum Gasteiger partial charge on any atom is -0.546 e. The van der Waals surface area contributed by atoms with Crippen LogP contribution in [0.4, 0.5) is 0 Å². The van der Waals surface area contributed by atoms with Crippen LogP contribution >= 0.6 is 0 Å². The van der Waals surface area contributed by atoms with Gasteiger partial charge in [-0.1, -0.05) is 6.07 Å². The highest BCUT2D eigenvalue weighted by Gasteiger charge is 2.17. The van der Waals surface area contributed by atoms with Gasteiger partial charge in [0, 0.05) is 12.0 Å². The van der Waals surface area contributed by atoms with Gasteiger partial charge < -0.3 is 14.6 Å². The third-order valence-electron chi connectivity index (χ3n) is 2.59. The van der Waals surface area contributed by atoms with E-state index in [-0.39, 0.29) is 5.78 Å². The molecule has 0 N–H and O–H groups in total. The van der Waals surface area contributed by atoms with Gasteiger partial charge in [-0.2, -0.15) is 0 Å². The second-order valence-electron chi connectivity index (χ2n) is 3.76. The van der Waals surface area contributed by atoms with Gasteiger partial charge in [0.2, 0.25) is 0 Å². The molecule has 0 spiro atoms. The van der Waals surface area contributed by atoms with Crippen molar-refractivity contribution in [3.63, 3.8) is 0 Å². The number of carbonyl (C=O) groups is 2. The number of aliphatic carboxylic acids is 1. The normalized spacial score (nSPS) is 14.4. The van der Waals surface area contributed by atoms with Crippen molar-refractivity contribution in [2.24, 2.45) is 0 Å². The summed E-state index contributed by atoms with van der Waals surface area (Å²) in [5.41, 5.74) is 1.67. The van der Waals surface area contributed by atoms with Gasteiger partial charge in [-0.25, -0.2) is 0 Å². The summed E-state index contributed by atoms with van der Waals surface area (Å²) in [6.45, 7) is -0.493. The molecule has 0 amide bonds. The minimum absolute atomic E-state index is 0.0974. The molecule has 0 saturated heterocycles. The number of rotatable bonds is 3. The number of Topliss-reactive ketones (excluding diaryl/α,β-unsaturated/α-hetero) is 1. The van der Waals surface area contributed by atoms with Crippen molar-refractivity contribution in [3.05, 3.63) is 29.3 Å². The Labute approximate surface area is 92.8 Å². The summed E-state index contributed by atoms with van der Waals surface area (Å²) in [6, 6.07) is 5.11. The van der Waals surface area contributed by atoms with E-state index < -0.39 is 12.6 Å². The highest BCUT2D eigenvalue weighted by Crippen LogP contribution is 2.25. The summed E-state index contributed by atoms with van der Waals surface area (Å²) >= 11 is 0. The first-order valence-corrected chi connectivity index (χ1v) is 5.15. The third-order valence-corrected chi connectivity index (χ3v) is 2.59. The zero-order valence-corrected chi connectivity index (χ0v) is 8.69. The van der Waals surface area contributed by atoms with Crippen LogP contribution < -0.4 is 9.84 Å². The maximum atomic E-state index is 11.6. The lowest BCUT2D eigenvalue weighted by molar-refractivity contribution is -0.307. The van der Waals surface area contributed by atoms with Gasteiger partial charge in [-0.15, -0.1) is 0 Å². The van der Waals surface area contributed by atoms with Crippen LogP contribution in [0.25, 0.3) is 0 Å². The van der Waals surface area contributed by atoms with Crippen molar-refractivity contribution in [1.82, 2.24) is 0 Å². The van der Waals surface area contributed by atoms with Crippen LogP contribution in [0.15, 0.2) is 18.2 Å². The van der Waals surface area contributed by atoms with Crippen LogP contribution in [0.1, 0.15) is 28.8 Å². The second kappa shape index (κ2) is 4.35. The molecule has 0 bridgehead atoms. The molecule has 1 aliphatic rings. The average molecular weight is 219 g/mol. The summed E-state index contributed by atoms with van der Waals surface area (Å²) in [6.07, 6.45) is 2.32. The third kappa shape index (κ3) is 2.21. The summed E-state index contributed by atoms with van der Waals surface area (Å²) in [5.74, 6) is -0.776. The van der Waals surface area contributed by atoms with E-state index in [0.717, 1.165) is 18.4 Å². The van der Waals surface area contributed by atoms with Gasteiger partial charge in [0.1, 0.15) is 12.4 Å². The van der Waals surface area contributed by atoms with Crippen molar-refractivity contribution in [2.45, 2.75) is 19.3 Å². The highest BCUT2D eigenvalue weighted by atomic mass is 16.5. The topological polar surface area (TPSA) is 66.4 Å². The molecule has 0 saturated carbocycles. The van der Waals surface area contributed by atoms with E-state index in [1.807, 2.05) is 6.07 Å². The molecular formula is C12H11O4-. The van der Waals surface area contributed by atoms with E-state index in [9.17, 15) is 14.7 Å². The molecule has 2 rings (SSSR count). The quantitative estimate of drug-likeness (QED) is 0.735. The lowest BCUT2D eigenvalue weighted by Crippen LogP contribution is -2.29. The van der Waals surface area contributed by atoms with Gasteiger partial charge in [0.05, 0.1) is 5.97 Å². The Kier molecular flexibility index (Phi) is 2.90. The number of fused-ring (bicyclic) bond motifs is 1. The van der Waals surface area contributed by atoms with Crippen molar-refractivity contribution in [1.29, 1.82) is 0 Å². The Morgan fingerprint density at radius 1 is 1.38 bits per heavy atom. The first-order valence-electron chi connectivity index (χ1n) is 5.15.